The summed E-state index contributed by atoms with van der Waals surface area (Å²) >= 11 is 0. The highest BCUT2D eigenvalue weighted by molar-refractivity contribution is 5.92. The Bertz CT molecular complexity index is 699. The minimum atomic E-state index is -0.00594. The second kappa shape index (κ2) is 8.84. The minimum Gasteiger partial charge on any atom is -0.367 e. The number of amides is 1. The molecule has 138 valence electrons. The highest BCUT2D eigenvalue weighted by Gasteiger charge is 2.22. The lowest BCUT2D eigenvalue weighted by molar-refractivity contribution is 0.0746. The van der Waals surface area contributed by atoms with Crippen LogP contribution in [0.4, 0.5) is 5.69 Å². The molecule has 2 aromatic rings. The minimum absolute atomic E-state index is 0.00594. The number of anilines is 1. The quantitative estimate of drug-likeness (QED) is 0.768. The van der Waals surface area contributed by atoms with Gasteiger partial charge in [-0.05, 0) is 50.3 Å². The van der Waals surface area contributed by atoms with Crippen molar-refractivity contribution in [3.8, 4) is 0 Å². The normalized spacial score (nSPS) is 17.2. The molecule has 1 atom stereocenters. The zero-order valence-corrected chi connectivity index (χ0v) is 15.9. The topological polar surface area (TPSA) is 36.4 Å². The summed E-state index contributed by atoms with van der Waals surface area (Å²) in [5, 5.41) is 0. The molecule has 1 aliphatic heterocycles. The second-order valence-electron chi connectivity index (χ2n) is 6.96. The van der Waals surface area contributed by atoms with Crippen LogP contribution in [-0.4, -0.2) is 34.9 Å². The molecule has 4 heteroatoms. The SMILES string of the molecule is CCC1CCCCN1c1ccc(C(=O)N(CC)Cc2ccccc2)nc1. The molecule has 1 amide bonds. The largest absolute Gasteiger partial charge is 0.367 e. The van der Waals surface area contributed by atoms with Gasteiger partial charge < -0.3 is 9.80 Å². The Kier molecular flexibility index (Phi) is 6.26. The van der Waals surface area contributed by atoms with Gasteiger partial charge in [-0.25, -0.2) is 4.98 Å². The van der Waals surface area contributed by atoms with Crippen molar-refractivity contribution in [2.45, 2.75) is 52.1 Å². The molecule has 1 aromatic carbocycles. The van der Waals surface area contributed by atoms with Crippen molar-refractivity contribution in [1.29, 1.82) is 0 Å². The second-order valence-corrected chi connectivity index (χ2v) is 6.96. The number of piperidine rings is 1. The molecule has 4 nitrogen and oxygen atoms in total. The molecule has 0 bridgehead atoms. The Labute approximate surface area is 156 Å². The molecule has 0 radical (unpaired) electrons. The van der Waals surface area contributed by atoms with Crippen molar-refractivity contribution < 1.29 is 4.79 Å². The van der Waals surface area contributed by atoms with Gasteiger partial charge in [0.15, 0.2) is 0 Å². The summed E-state index contributed by atoms with van der Waals surface area (Å²) in [6.07, 6.45) is 6.82. The Morgan fingerprint density at radius 1 is 1.15 bits per heavy atom. The number of nitrogens with zero attached hydrogens (tertiary/aromatic N) is 3. The van der Waals surface area contributed by atoms with Crippen molar-refractivity contribution >= 4 is 11.6 Å². The molecular weight excluding hydrogens is 322 g/mol. The maximum atomic E-state index is 12.8. The number of pyridine rings is 1. The molecule has 0 aliphatic carbocycles. The molecule has 1 fully saturated rings. The highest BCUT2D eigenvalue weighted by Crippen LogP contribution is 2.26. The van der Waals surface area contributed by atoms with E-state index in [9.17, 15) is 4.79 Å². The fraction of sp³-hybridized carbons (Fsp3) is 0.455. The Hall–Kier alpha value is -2.36. The van der Waals surface area contributed by atoms with Crippen molar-refractivity contribution in [3.05, 3.63) is 59.9 Å². The molecule has 2 heterocycles. The summed E-state index contributed by atoms with van der Waals surface area (Å²) in [5.74, 6) is -0.00594. The maximum absolute atomic E-state index is 12.8. The van der Waals surface area contributed by atoms with Crippen molar-refractivity contribution in [2.75, 3.05) is 18.0 Å². The first kappa shape index (κ1) is 18.4. The van der Waals surface area contributed by atoms with Crippen molar-refractivity contribution in [3.63, 3.8) is 0 Å². The number of hydrogen-bond donors (Lipinski definition) is 0. The third-order valence-corrected chi connectivity index (χ3v) is 5.28. The highest BCUT2D eigenvalue weighted by atomic mass is 16.2. The van der Waals surface area contributed by atoms with Crippen LogP contribution in [0.2, 0.25) is 0 Å². The van der Waals surface area contributed by atoms with Crippen LogP contribution in [0.25, 0.3) is 0 Å². The predicted molar refractivity (Wildman–Crippen MR) is 106 cm³/mol. The van der Waals surface area contributed by atoms with Crippen LogP contribution in [0.1, 0.15) is 55.6 Å². The fourth-order valence-electron chi connectivity index (χ4n) is 3.74. The summed E-state index contributed by atoms with van der Waals surface area (Å²) in [4.78, 5) is 21.6. The Morgan fingerprint density at radius 3 is 2.62 bits per heavy atom. The van der Waals surface area contributed by atoms with Crippen LogP contribution in [0.5, 0.6) is 0 Å². The van der Waals surface area contributed by atoms with Gasteiger partial charge in [-0.3, -0.25) is 4.79 Å². The number of carbonyl (C=O) groups excluding carboxylic acids is 1. The van der Waals surface area contributed by atoms with Crippen LogP contribution in [0.3, 0.4) is 0 Å². The molecule has 0 spiro atoms. The standard InChI is InChI=1S/C22H29N3O/c1-3-19-12-8-9-15-25(19)20-13-14-21(23-16-20)22(26)24(4-2)17-18-10-6-5-7-11-18/h5-7,10-11,13-14,16,19H,3-4,8-9,12,15,17H2,1-2H3. The third kappa shape index (κ3) is 4.24. The van der Waals surface area contributed by atoms with Crippen LogP contribution in [-0.2, 0) is 6.54 Å². The molecule has 1 saturated heterocycles. The van der Waals surface area contributed by atoms with Gasteiger partial charge in [0.25, 0.3) is 5.91 Å². The number of benzene rings is 1. The average molecular weight is 351 g/mol. The van der Waals surface area contributed by atoms with Crippen LogP contribution >= 0.6 is 0 Å². The summed E-state index contributed by atoms with van der Waals surface area (Å²) in [6, 6.07) is 14.6. The number of carbonyl (C=O) groups is 1. The summed E-state index contributed by atoms with van der Waals surface area (Å²) in [6.45, 7) is 6.62. The fourth-order valence-corrected chi connectivity index (χ4v) is 3.74. The van der Waals surface area contributed by atoms with Gasteiger partial charge in [0, 0.05) is 25.7 Å². The van der Waals surface area contributed by atoms with Crippen LogP contribution in [0, 0.1) is 0 Å². The van der Waals surface area contributed by atoms with E-state index < -0.39 is 0 Å². The zero-order chi connectivity index (χ0) is 18.4. The maximum Gasteiger partial charge on any atom is 0.272 e. The van der Waals surface area contributed by atoms with Gasteiger partial charge in [-0.1, -0.05) is 37.3 Å². The van der Waals surface area contributed by atoms with Gasteiger partial charge in [0.05, 0.1) is 11.9 Å². The van der Waals surface area contributed by atoms with Gasteiger partial charge in [-0.2, -0.15) is 0 Å². The lowest BCUT2D eigenvalue weighted by Crippen LogP contribution is -2.39. The lowest BCUT2D eigenvalue weighted by atomic mass is 9.99. The Morgan fingerprint density at radius 2 is 1.96 bits per heavy atom. The van der Waals surface area contributed by atoms with E-state index in [0.29, 0.717) is 24.8 Å². The van der Waals surface area contributed by atoms with E-state index in [-0.39, 0.29) is 5.91 Å². The third-order valence-electron chi connectivity index (χ3n) is 5.28. The molecule has 26 heavy (non-hydrogen) atoms. The number of hydrogen-bond acceptors (Lipinski definition) is 3. The monoisotopic (exact) mass is 351 g/mol. The van der Waals surface area contributed by atoms with Gasteiger partial charge >= 0.3 is 0 Å². The Balaban J connectivity index is 1.71. The molecule has 1 aromatic heterocycles. The molecule has 0 saturated carbocycles. The zero-order valence-electron chi connectivity index (χ0n) is 15.9. The van der Waals surface area contributed by atoms with Crippen molar-refractivity contribution in [1.82, 2.24) is 9.88 Å². The molecule has 1 aliphatic rings. The van der Waals surface area contributed by atoms with E-state index >= 15 is 0 Å². The molecule has 3 rings (SSSR count). The first-order valence-corrected chi connectivity index (χ1v) is 9.78. The first-order valence-electron chi connectivity index (χ1n) is 9.78. The van der Waals surface area contributed by atoms with Crippen molar-refractivity contribution in [2.24, 2.45) is 0 Å². The summed E-state index contributed by atoms with van der Waals surface area (Å²) < 4.78 is 0. The van der Waals surface area contributed by atoms with E-state index in [4.69, 9.17) is 0 Å². The van der Waals surface area contributed by atoms with Crippen LogP contribution < -0.4 is 4.90 Å². The summed E-state index contributed by atoms with van der Waals surface area (Å²) in [7, 11) is 0. The van der Waals surface area contributed by atoms with E-state index in [1.807, 2.05) is 54.4 Å². The molecular formula is C22H29N3O. The van der Waals surface area contributed by atoms with E-state index in [1.54, 1.807) is 0 Å². The molecule has 0 N–H and O–H groups in total. The smallest absolute Gasteiger partial charge is 0.272 e. The van der Waals surface area contributed by atoms with Gasteiger partial charge in [0.1, 0.15) is 5.69 Å². The average Bonchev–Trinajstić information content (AvgIpc) is 2.72. The van der Waals surface area contributed by atoms with E-state index in [2.05, 4.69) is 22.9 Å². The molecule has 1 unspecified atom stereocenters. The lowest BCUT2D eigenvalue weighted by Gasteiger charge is -2.37. The van der Waals surface area contributed by atoms with E-state index in [1.165, 1.54) is 19.3 Å². The van der Waals surface area contributed by atoms with Gasteiger partial charge in [-0.15, -0.1) is 0 Å². The first-order chi connectivity index (χ1) is 12.7. The van der Waals surface area contributed by atoms with E-state index in [0.717, 1.165) is 24.2 Å². The number of rotatable bonds is 6. The summed E-state index contributed by atoms with van der Waals surface area (Å²) in [5.41, 5.74) is 2.80. The van der Waals surface area contributed by atoms with Crippen LogP contribution in [0.15, 0.2) is 48.7 Å². The predicted octanol–water partition coefficient (Wildman–Crippen LogP) is 4.51. The number of aromatic nitrogens is 1. The van der Waals surface area contributed by atoms with Gasteiger partial charge in [0.2, 0.25) is 0 Å².